The van der Waals surface area contributed by atoms with Crippen molar-refractivity contribution >= 4 is 27.3 Å². The molecule has 0 saturated heterocycles. The fraction of sp³-hybridized carbons (Fsp3) is 0.588. The summed E-state index contributed by atoms with van der Waals surface area (Å²) in [6.07, 6.45) is 3.41. The Labute approximate surface area is 150 Å². The Hall–Kier alpha value is -1.64. The van der Waals surface area contributed by atoms with Crippen LogP contribution in [0.4, 0.5) is 11.4 Å². The van der Waals surface area contributed by atoms with Crippen LogP contribution in [-0.2, 0) is 26.1 Å². The summed E-state index contributed by atoms with van der Waals surface area (Å²) in [4.78, 5) is 13.7. The number of benzene rings is 1. The molecule has 8 heteroatoms. The highest BCUT2D eigenvalue weighted by Crippen LogP contribution is 2.32. The van der Waals surface area contributed by atoms with Gasteiger partial charge in [0.2, 0.25) is 15.9 Å². The van der Waals surface area contributed by atoms with Gasteiger partial charge in [-0.05, 0) is 42.5 Å². The number of nitrogens with one attached hydrogen (secondary N) is 1. The summed E-state index contributed by atoms with van der Waals surface area (Å²) in [6, 6.07) is 5.52. The molecule has 0 spiro atoms. The van der Waals surface area contributed by atoms with E-state index in [0.29, 0.717) is 18.2 Å². The molecule has 1 aromatic rings. The predicted octanol–water partition coefficient (Wildman–Crippen LogP) is 1.51. The molecule has 2 rings (SSSR count). The fourth-order valence-corrected chi connectivity index (χ4v) is 3.51. The average molecular weight is 369 g/mol. The van der Waals surface area contributed by atoms with Gasteiger partial charge in [-0.3, -0.25) is 4.79 Å². The van der Waals surface area contributed by atoms with Gasteiger partial charge in [0, 0.05) is 45.7 Å². The first kappa shape index (κ1) is 19.7. The molecule has 0 bridgehead atoms. The maximum Gasteiger partial charge on any atom is 0.250 e. The first-order chi connectivity index (χ1) is 11.7. The highest BCUT2D eigenvalue weighted by atomic mass is 32.2. The summed E-state index contributed by atoms with van der Waals surface area (Å²) in [5.74, 6) is 0.214. The number of hydrogen-bond acceptors (Lipinski definition) is 5. The largest absolute Gasteiger partial charge is 0.377 e. The number of sulfonamides is 1. The molecule has 7 nitrogen and oxygen atoms in total. The van der Waals surface area contributed by atoms with Crippen LogP contribution in [0.25, 0.3) is 0 Å². The molecule has 25 heavy (non-hydrogen) atoms. The van der Waals surface area contributed by atoms with E-state index in [9.17, 15) is 13.2 Å². The molecule has 0 aliphatic heterocycles. The molecule has 1 aromatic carbocycles. The minimum Gasteiger partial charge on any atom is -0.377 e. The van der Waals surface area contributed by atoms with Crippen LogP contribution >= 0.6 is 0 Å². The number of rotatable bonds is 9. The molecular weight excluding hydrogens is 342 g/mol. The first-order valence-corrected chi connectivity index (χ1v) is 10.1. The van der Waals surface area contributed by atoms with Gasteiger partial charge < -0.3 is 15.0 Å². The van der Waals surface area contributed by atoms with Crippen LogP contribution in [-0.4, -0.2) is 59.2 Å². The molecule has 1 fully saturated rings. The van der Waals surface area contributed by atoms with Crippen molar-refractivity contribution in [2.75, 3.05) is 50.8 Å². The molecule has 1 saturated carbocycles. The van der Waals surface area contributed by atoms with E-state index in [1.807, 2.05) is 31.1 Å². The minimum absolute atomic E-state index is 0.0259. The van der Waals surface area contributed by atoms with Crippen molar-refractivity contribution in [3.05, 3.63) is 23.8 Å². The Bertz CT molecular complexity index is 715. The molecule has 1 aliphatic rings. The topological polar surface area (TPSA) is 79.0 Å². The molecule has 140 valence electrons. The molecule has 0 aromatic heterocycles. The smallest absolute Gasteiger partial charge is 0.250 e. The molecule has 0 unspecified atom stereocenters. The van der Waals surface area contributed by atoms with Crippen LogP contribution in [0.5, 0.6) is 0 Å². The molecule has 0 radical (unpaired) electrons. The number of carbonyl (C=O) groups excluding carboxylic acids is 1. The molecule has 0 atom stereocenters. The van der Waals surface area contributed by atoms with E-state index in [1.54, 1.807) is 6.07 Å². The van der Waals surface area contributed by atoms with Crippen molar-refractivity contribution in [2.45, 2.75) is 19.4 Å². The summed E-state index contributed by atoms with van der Waals surface area (Å²) in [5.41, 5.74) is 2.41. The third-order valence-electron chi connectivity index (χ3n) is 4.09. The van der Waals surface area contributed by atoms with Crippen LogP contribution < -0.4 is 10.2 Å². The SMILES string of the molecule is COCC(=O)Nc1ccc(N(C)C)c(CN(CC2CC2)S(C)(=O)=O)c1. The molecule has 0 heterocycles. The van der Waals surface area contributed by atoms with E-state index < -0.39 is 10.0 Å². The van der Waals surface area contributed by atoms with Crippen molar-refractivity contribution < 1.29 is 17.9 Å². The zero-order chi connectivity index (χ0) is 18.6. The summed E-state index contributed by atoms with van der Waals surface area (Å²) >= 11 is 0. The number of methoxy groups -OCH3 is 1. The van der Waals surface area contributed by atoms with Gasteiger partial charge >= 0.3 is 0 Å². The van der Waals surface area contributed by atoms with Crippen molar-refractivity contribution in [3.63, 3.8) is 0 Å². The van der Waals surface area contributed by atoms with Crippen LogP contribution in [0.3, 0.4) is 0 Å². The normalized spacial score (nSPS) is 14.6. The maximum atomic E-state index is 12.2. The van der Waals surface area contributed by atoms with Crippen LogP contribution in [0.1, 0.15) is 18.4 Å². The molecular formula is C17H27N3O4S. The van der Waals surface area contributed by atoms with E-state index in [0.717, 1.165) is 24.1 Å². The summed E-state index contributed by atoms with van der Waals surface area (Å²) in [7, 11) is 1.98. The number of ether oxygens (including phenoxy) is 1. The highest BCUT2D eigenvalue weighted by molar-refractivity contribution is 7.88. The van der Waals surface area contributed by atoms with Crippen molar-refractivity contribution in [2.24, 2.45) is 5.92 Å². The van der Waals surface area contributed by atoms with E-state index in [1.165, 1.54) is 17.7 Å². The lowest BCUT2D eigenvalue weighted by Crippen LogP contribution is -2.32. The lowest BCUT2D eigenvalue weighted by Gasteiger charge is -2.24. The second-order valence-electron chi connectivity index (χ2n) is 6.72. The van der Waals surface area contributed by atoms with Gasteiger partial charge in [-0.15, -0.1) is 0 Å². The summed E-state index contributed by atoms with van der Waals surface area (Å²) in [6.45, 7) is 0.810. The number of nitrogens with zero attached hydrogens (tertiary/aromatic N) is 2. The first-order valence-electron chi connectivity index (χ1n) is 8.25. The van der Waals surface area contributed by atoms with Gasteiger partial charge in [-0.25, -0.2) is 8.42 Å². The standard InChI is InChI=1S/C17H27N3O4S/c1-19(2)16-8-7-15(18-17(21)12-24-3)9-14(16)11-20(25(4,22)23)10-13-5-6-13/h7-9,13H,5-6,10-12H2,1-4H3,(H,18,21). The van der Waals surface area contributed by atoms with Gasteiger partial charge in [0.25, 0.3) is 0 Å². The second kappa shape index (κ2) is 8.16. The summed E-state index contributed by atoms with van der Waals surface area (Å²) < 4.78 is 30.7. The van der Waals surface area contributed by atoms with Gasteiger partial charge in [0.15, 0.2) is 0 Å². The predicted molar refractivity (Wildman–Crippen MR) is 99.3 cm³/mol. The van der Waals surface area contributed by atoms with Crippen LogP contribution in [0, 0.1) is 5.92 Å². The number of hydrogen-bond donors (Lipinski definition) is 1. The van der Waals surface area contributed by atoms with E-state index in [4.69, 9.17) is 4.74 Å². The van der Waals surface area contributed by atoms with Gasteiger partial charge in [-0.2, -0.15) is 4.31 Å². The van der Waals surface area contributed by atoms with Gasteiger partial charge in [0.1, 0.15) is 6.61 Å². The van der Waals surface area contributed by atoms with Crippen LogP contribution in [0.2, 0.25) is 0 Å². The van der Waals surface area contributed by atoms with Gasteiger partial charge in [-0.1, -0.05) is 0 Å². The number of anilines is 2. The average Bonchev–Trinajstić information content (AvgIpc) is 3.30. The fourth-order valence-electron chi connectivity index (χ4n) is 2.65. The third kappa shape index (κ3) is 5.98. The van der Waals surface area contributed by atoms with Crippen molar-refractivity contribution in [3.8, 4) is 0 Å². The monoisotopic (exact) mass is 369 g/mol. The van der Waals surface area contributed by atoms with E-state index in [-0.39, 0.29) is 19.1 Å². The molecule has 1 aliphatic carbocycles. The number of carbonyl (C=O) groups is 1. The molecule has 1 amide bonds. The number of amides is 1. The Morgan fingerprint density at radius 3 is 2.52 bits per heavy atom. The lowest BCUT2D eigenvalue weighted by atomic mass is 10.1. The van der Waals surface area contributed by atoms with Gasteiger partial charge in [0.05, 0.1) is 6.26 Å². The maximum absolute atomic E-state index is 12.2. The quantitative estimate of drug-likeness (QED) is 0.714. The second-order valence-corrected chi connectivity index (χ2v) is 8.70. The van der Waals surface area contributed by atoms with Crippen LogP contribution in [0.15, 0.2) is 18.2 Å². The van der Waals surface area contributed by atoms with Crippen molar-refractivity contribution in [1.29, 1.82) is 0 Å². The zero-order valence-corrected chi connectivity index (χ0v) is 16.1. The summed E-state index contributed by atoms with van der Waals surface area (Å²) in [5, 5.41) is 2.76. The van der Waals surface area contributed by atoms with E-state index >= 15 is 0 Å². The lowest BCUT2D eigenvalue weighted by molar-refractivity contribution is -0.119. The minimum atomic E-state index is -3.30. The highest BCUT2D eigenvalue weighted by Gasteiger charge is 2.29. The van der Waals surface area contributed by atoms with Crippen molar-refractivity contribution in [1.82, 2.24) is 4.31 Å². The Kier molecular flexibility index (Phi) is 6.42. The Morgan fingerprint density at radius 2 is 2.00 bits per heavy atom. The Balaban J connectivity index is 2.26. The Morgan fingerprint density at radius 1 is 1.32 bits per heavy atom. The third-order valence-corrected chi connectivity index (χ3v) is 5.31. The molecule has 1 N–H and O–H groups in total. The zero-order valence-electron chi connectivity index (χ0n) is 15.3. The van der Waals surface area contributed by atoms with E-state index in [2.05, 4.69) is 5.32 Å².